The standard InChI is InChI=1S/C27H25N3O4/c1-17-12-13-22(18(2)14-17)28-24(31)16-29-27-21(26(32)30(29)20-9-5-4-6-10-20)15-19-8-7-11-23(33-3)25(19)34-27/h4-14H,15-16H2,1-3H3,(H,28,31). The zero-order valence-electron chi connectivity index (χ0n) is 19.3. The van der Waals surface area contributed by atoms with E-state index in [0.717, 1.165) is 22.4 Å². The van der Waals surface area contributed by atoms with Gasteiger partial charge in [0.1, 0.15) is 6.54 Å². The molecule has 0 radical (unpaired) electrons. The number of amides is 1. The topological polar surface area (TPSA) is 74.5 Å². The summed E-state index contributed by atoms with van der Waals surface area (Å²) in [4.78, 5) is 26.7. The zero-order valence-corrected chi connectivity index (χ0v) is 19.3. The molecule has 0 saturated carbocycles. The van der Waals surface area contributed by atoms with E-state index < -0.39 is 0 Å². The molecular formula is C27H25N3O4. The summed E-state index contributed by atoms with van der Waals surface area (Å²) in [6.45, 7) is 3.86. The number of hydrogen-bond acceptors (Lipinski definition) is 4. The summed E-state index contributed by atoms with van der Waals surface area (Å²) in [5.41, 5.74) is 4.63. The molecule has 0 bridgehead atoms. The van der Waals surface area contributed by atoms with Crippen LogP contribution in [0.3, 0.4) is 0 Å². The first-order valence-electron chi connectivity index (χ1n) is 11.1. The van der Waals surface area contributed by atoms with E-state index in [1.54, 1.807) is 11.8 Å². The number of carbonyl (C=O) groups excluding carboxylic acids is 1. The van der Waals surface area contributed by atoms with Crippen LogP contribution >= 0.6 is 0 Å². The molecule has 4 aromatic rings. The summed E-state index contributed by atoms with van der Waals surface area (Å²) in [5, 5.41) is 2.97. The van der Waals surface area contributed by atoms with E-state index in [1.165, 1.54) is 4.68 Å². The molecule has 1 N–H and O–H groups in total. The molecule has 34 heavy (non-hydrogen) atoms. The number of para-hydroxylation sites is 2. The van der Waals surface area contributed by atoms with Crippen LogP contribution in [0.5, 0.6) is 17.4 Å². The summed E-state index contributed by atoms with van der Waals surface area (Å²) in [7, 11) is 1.58. The maximum atomic E-state index is 13.5. The van der Waals surface area contributed by atoms with Crippen LogP contribution in [0.15, 0.2) is 71.5 Å². The second-order valence-electron chi connectivity index (χ2n) is 8.39. The number of hydrogen-bond donors (Lipinski definition) is 1. The number of carbonyl (C=O) groups is 1. The van der Waals surface area contributed by atoms with Crippen molar-refractivity contribution >= 4 is 11.6 Å². The fourth-order valence-corrected chi connectivity index (χ4v) is 4.35. The first-order chi connectivity index (χ1) is 16.5. The molecule has 0 spiro atoms. The third-order valence-electron chi connectivity index (χ3n) is 5.98. The number of nitrogens with zero attached hydrogens (tertiary/aromatic N) is 2. The first-order valence-corrected chi connectivity index (χ1v) is 11.1. The maximum Gasteiger partial charge on any atom is 0.278 e. The number of fused-ring (bicyclic) bond motifs is 2. The van der Waals surface area contributed by atoms with E-state index in [2.05, 4.69) is 5.32 Å². The predicted molar refractivity (Wildman–Crippen MR) is 130 cm³/mol. The van der Waals surface area contributed by atoms with Gasteiger partial charge in [-0.25, -0.2) is 9.36 Å². The molecule has 0 atom stereocenters. The quantitative estimate of drug-likeness (QED) is 0.420. The molecule has 3 aromatic carbocycles. The number of nitrogens with one attached hydrogen (secondary N) is 1. The van der Waals surface area contributed by atoms with Crippen molar-refractivity contribution in [3.63, 3.8) is 0 Å². The van der Waals surface area contributed by atoms with Crippen LogP contribution in [0.1, 0.15) is 22.3 Å². The van der Waals surface area contributed by atoms with E-state index in [0.29, 0.717) is 35.1 Å². The van der Waals surface area contributed by atoms with Gasteiger partial charge in [0.2, 0.25) is 11.8 Å². The normalized spacial score (nSPS) is 11.9. The van der Waals surface area contributed by atoms with E-state index in [1.807, 2.05) is 80.6 Å². The van der Waals surface area contributed by atoms with E-state index in [-0.39, 0.29) is 18.0 Å². The second kappa shape index (κ2) is 8.59. The van der Waals surface area contributed by atoms with Crippen LogP contribution in [-0.4, -0.2) is 22.4 Å². The highest BCUT2D eigenvalue weighted by Gasteiger charge is 2.30. The summed E-state index contributed by atoms with van der Waals surface area (Å²) < 4.78 is 14.8. The Morgan fingerprint density at radius 1 is 1.06 bits per heavy atom. The van der Waals surface area contributed by atoms with Crippen LogP contribution in [-0.2, 0) is 17.8 Å². The summed E-state index contributed by atoms with van der Waals surface area (Å²) >= 11 is 0. The number of anilines is 1. The minimum Gasteiger partial charge on any atom is -0.493 e. The van der Waals surface area contributed by atoms with Gasteiger partial charge < -0.3 is 14.8 Å². The van der Waals surface area contributed by atoms with Gasteiger partial charge in [-0.2, -0.15) is 0 Å². The predicted octanol–water partition coefficient (Wildman–Crippen LogP) is 4.60. The van der Waals surface area contributed by atoms with E-state index >= 15 is 0 Å². The summed E-state index contributed by atoms with van der Waals surface area (Å²) in [6, 6.07) is 20.7. The van der Waals surface area contributed by atoms with Crippen LogP contribution in [0.2, 0.25) is 0 Å². The molecule has 0 fully saturated rings. The van der Waals surface area contributed by atoms with Crippen LogP contribution in [0.25, 0.3) is 5.69 Å². The Bertz CT molecular complexity index is 1450. The molecule has 1 aliphatic rings. The molecule has 5 rings (SSSR count). The Balaban J connectivity index is 1.58. The highest BCUT2D eigenvalue weighted by molar-refractivity contribution is 5.91. The van der Waals surface area contributed by atoms with Crippen molar-refractivity contribution in [2.75, 3.05) is 12.4 Å². The Labute approximate surface area is 197 Å². The number of rotatable bonds is 5. The lowest BCUT2D eigenvalue weighted by molar-refractivity contribution is -0.117. The lowest BCUT2D eigenvalue weighted by Crippen LogP contribution is -2.27. The molecule has 172 valence electrons. The van der Waals surface area contributed by atoms with Gasteiger partial charge in [-0.1, -0.05) is 48.0 Å². The Hall–Kier alpha value is -4.26. The van der Waals surface area contributed by atoms with Gasteiger partial charge in [-0.15, -0.1) is 0 Å². The number of methoxy groups -OCH3 is 1. The van der Waals surface area contributed by atoms with Gasteiger partial charge in [0, 0.05) is 17.7 Å². The van der Waals surface area contributed by atoms with Crippen molar-refractivity contribution in [2.45, 2.75) is 26.8 Å². The second-order valence-corrected chi connectivity index (χ2v) is 8.39. The molecule has 0 saturated heterocycles. The van der Waals surface area contributed by atoms with Gasteiger partial charge in [-0.3, -0.25) is 9.59 Å². The zero-order chi connectivity index (χ0) is 23.8. The number of aromatic nitrogens is 2. The highest BCUT2D eigenvalue weighted by Crippen LogP contribution is 2.41. The third-order valence-corrected chi connectivity index (χ3v) is 5.98. The monoisotopic (exact) mass is 455 g/mol. The SMILES string of the molecule is COc1cccc2c1Oc1c(c(=O)n(-c3ccccc3)n1CC(=O)Nc1ccc(C)cc1C)C2. The van der Waals surface area contributed by atoms with Gasteiger partial charge >= 0.3 is 0 Å². The van der Waals surface area contributed by atoms with E-state index in [9.17, 15) is 9.59 Å². The Kier molecular flexibility index (Phi) is 5.45. The fourth-order valence-electron chi connectivity index (χ4n) is 4.35. The van der Waals surface area contributed by atoms with Crippen molar-refractivity contribution in [3.8, 4) is 23.1 Å². The third kappa shape index (κ3) is 3.75. The summed E-state index contributed by atoms with van der Waals surface area (Å²) in [5.74, 6) is 1.23. The lowest BCUT2D eigenvalue weighted by Gasteiger charge is -2.21. The lowest BCUT2D eigenvalue weighted by atomic mass is 10.0. The maximum absolute atomic E-state index is 13.5. The molecule has 1 aromatic heterocycles. The van der Waals surface area contributed by atoms with Crippen molar-refractivity contribution in [2.24, 2.45) is 0 Å². The molecule has 1 aliphatic heterocycles. The molecule has 1 amide bonds. The van der Waals surface area contributed by atoms with Gasteiger partial charge in [-0.05, 0) is 43.7 Å². The van der Waals surface area contributed by atoms with Crippen LogP contribution < -0.4 is 20.3 Å². The minimum atomic E-state index is -0.260. The molecule has 0 aliphatic carbocycles. The molecule has 7 heteroatoms. The highest BCUT2D eigenvalue weighted by atomic mass is 16.5. The van der Waals surface area contributed by atoms with Crippen molar-refractivity contribution < 1.29 is 14.3 Å². The Morgan fingerprint density at radius 2 is 1.85 bits per heavy atom. The average Bonchev–Trinajstić information content (AvgIpc) is 3.10. The molecule has 0 unspecified atom stereocenters. The smallest absolute Gasteiger partial charge is 0.278 e. The van der Waals surface area contributed by atoms with Crippen molar-refractivity contribution in [1.82, 2.24) is 9.36 Å². The van der Waals surface area contributed by atoms with Gasteiger partial charge in [0.25, 0.3) is 5.56 Å². The van der Waals surface area contributed by atoms with Gasteiger partial charge in [0.05, 0.1) is 18.4 Å². The number of ether oxygens (including phenoxy) is 2. The van der Waals surface area contributed by atoms with Crippen molar-refractivity contribution in [1.29, 1.82) is 0 Å². The number of benzene rings is 3. The van der Waals surface area contributed by atoms with E-state index in [4.69, 9.17) is 9.47 Å². The largest absolute Gasteiger partial charge is 0.493 e. The molecule has 7 nitrogen and oxygen atoms in total. The first kappa shape index (κ1) is 21.6. The van der Waals surface area contributed by atoms with Crippen LogP contribution in [0.4, 0.5) is 5.69 Å². The average molecular weight is 456 g/mol. The number of aryl methyl sites for hydroxylation is 2. The van der Waals surface area contributed by atoms with Crippen molar-refractivity contribution in [3.05, 3.63) is 99.3 Å². The molecular weight excluding hydrogens is 430 g/mol. The summed E-state index contributed by atoms with van der Waals surface area (Å²) in [6.07, 6.45) is 0.388. The van der Waals surface area contributed by atoms with Gasteiger partial charge in [0.15, 0.2) is 11.5 Å². The van der Waals surface area contributed by atoms with Crippen LogP contribution in [0, 0.1) is 13.8 Å². The molecule has 2 heterocycles. The fraction of sp³-hybridized carbons (Fsp3) is 0.185. The Morgan fingerprint density at radius 3 is 2.59 bits per heavy atom. The minimum absolute atomic E-state index is 0.0999.